The minimum atomic E-state index is 0.936. The van der Waals surface area contributed by atoms with E-state index >= 15 is 0 Å². The van der Waals surface area contributed by atoms with Crippen LogP contribution in [0.1, 0.15) is 0 Å². The maximum Gasteiger partial charge on any atom is 0.0886 e. The molecule has 0 saturated carbocycles. The van der Waals surface area contributed by atoms with Crippen molar-refractivity contribution in [2.75, 3.05) is 0 Å². The molecule has 68 valence electrons. The van der Waals surface area contributed by atoms with Crippen molar-refractivity contribution in [1.82, 2.24) is 20.2 Å². The number of pyridine rings is 1. The van der Waals surface area contributed by atoms with Gasteiger partial charge in [0.05, 0.1) is 22.9 Å². The molecule has 0 aliphatic heterocycles. The van der Waals surface area contributed by atoms with Gasteiger partial charge >= 0.3 is 0 Å². The van der Waals surface area contributed by atoms with Crippen molar-refractivity contribution in [2.24, 2.45) is 0 Å². The molecule has 0 aromatic carbocycles. The number of aromatic nitrogens is 4. The number of nitrogens with one attached hydrogen (secondary N) is 2. The molecule has 2 N–H and O–H groups in total. The highest BCUT2D eigenvalue weighted by Gasteiger charge is 2.01. The highest BCUT2D eigenvalue weighted by atomic mass is 15.1. The van der Waals surface area contributed by atoms with Gasteiger partial charge < -0.3 is 4.98 Å². The van der Waals surface area contributed by atoms with E-state index in [0.29, 0.717) is 0 Å². The normalized spacial score (nSPS) is 10.9. The largest absolute Gasteiger partial charge is 0.360 e. The highest BCUT2D eigenvalue weighted by Crippen LogP contribution is 2.18. The monoisotopic (exact) mass is 184 g/mol. The van der Waals surface area contributed by atoms with E-state index in [1.54, 1.807) is 6.20 Å². The number of H-pyrrole nitrogens is 2. The fraction of sp³-hybridized carbons (Fsp3) is 0. The molecule has 3 rings (SSSR count). The van der Waals surface area contributed by atoms with Gasteiger partial charge in [-0.05, 0) is 18.2 Å². The summed E-state index contributed by atoms with van der Waals surface area (Å²) in [6, 6.07) is 5.95. The van der Waals surface area contributed by atoms with E-state index in [2.05, 4.69) is 20.2 Å². The molecule has 14 heavy (non-hydrogen) atoms. The first-order valence-corrected chi connectivity index (χ1v) is 4.37. The molecule has 0 aliphatic carbocycles. The maximum absolute atomic E-state index is 4.49. The lowest BCUT2D eigenvalue weighted by Crippen LogP contribution is -1.80. The van der Waals surface area contributed by atoms with Gasteiger partial charge in [-0.25, -0.2) is 4.98 Å². The van der Waals surface area contributed by atoms with Gasteiger partial charge in [-0.1, -0.05) is 0 Å². The summed E-state index contributed by atoms with van der Waals surface area (Å²) in [4.78, 5) is 7.59. The van der Waals surface area contributed by atoms with Crippen LogP contribution in [0.3, 0.4) is 0 Å². The van der Waals surface area contributed by atoms with Crippen molar-refractivity contribution in [3.63, 3.8) is 0 Å². The van der Waals surface area contributed by atoms with Crippen molar-refractivity contribution in [2.45, 2.75) is 0 Å². The van der Waals surface area contributed by atoms with E-state index < -0.39 is 0 Å². The van der Waals surface area contributed by atoms with E-state index in [9.17, 15) is 0 Å². The Morgan fingerprint density at radius 1 is 1.14 bits per heavy atom. The van der Waals surface area contributed by atoms with E-state index in [4.69, 9.17) is 0 Å². The van der Waals surface area contributed by atoms with Crippen LogP contribution < -0.4 is 0 Å². The van der Waals surface area contributed by atoms with Crippen molar-refractivity contribution in [3.05, 3.63) is 36.8 Å². The van der Waals surface area contributed by atoms with Crippen LogP contribution in [0.5, 0.6) is 0 Å². The van der Waals surface area contributed by atoms with Crippen molar-refractivity contribution in [3.8, 4) is 11.3 Å². The summed E-state index contributed by atoms with van der Waals surface area (Å²) in [6.45, 7) is 0. The first-order valence-electron chi connectivity index (χ1n) is 4.37. The van der Waals surface area contributed by atoms with Crippen LogP contribution in [-0.4, -0.2) is 20.2 Å². The van der Waals surface area contributed by atoms with E-state index in [1.807, 2.05) is 30.6 Å². The van der Waals surface area contributed by atoms with Gasteiger partial charge in [-0.2, -0.15) is 5.10 Å². The molecule has 3 heterocycles. The lowest BCUT2D eigenvalue weighted by atomic mass is 10.2. The summed E-state index contributed by atoms with van der Waals surface area (Å²) in [7, 11) is 0. The van der Waals surface area contributed by atoms with Crippen molar-refractivity contribution >= 4 is 11.0 Å². The number of aromatic amines is 2. The SMILES string of the molecule is c1cc2nc(-c3cn[nH]c3)ccc2[nH]1. The Hall–Kier alpha value is -2.10. The second kappa shape index (κ2) is 2.70. The predicted octanol–water partition coefficient (Wildman–Crippen LogP) is 1.95. The van der Waals surface area contributed by atoms with E-state index in [-0.39, 0.29) is 0 Å². The summed E-state index contributed by atoms with van der Waals surface area (Å²) >= 11 is 0. The van der Waals surface area contributed by atoms with Crippen LogP contribution in [0.4, 0.5) is 0 Å². The third-order valence-corrected chi connectivity index (χ3v) is 2.20. The summed E-state index contributed by atoms with van der Waals surface area (Å²) in [6.07, 6.45) is 5.48. The topological polar surface area (TPSA) is 57.4 Å². The van der Waals surface area contributed by atoms with Crippen molar-refractivity contribution < 1.29 is 0 Å². The molecule has 0 saturated heterocycles. The Labute approximate surface area is 80.0 Å². The summed E-state index contributed by atoms with van der Waals surface area (Å²) in [5.74, 6) is 0. The fourth-order valence-corrected chi connectivity index (χ4v) is 1.49. The molecule has 0 radical (unpaired) electrons. The molecular weight excluding hydrogens is 176 g/mol. The lowest BCUT2D eigenvalue weighted by molar-refractivity contribution is 1.09. The quantitative estimate of drug-likeness (QED) is 0.607. The molecule has 0 amide bonds. The fourth-order valence-electron chi connectivity index (χ4n) is 1.49. The molecule has 3 aromatic heterocycles. The standard InChI is InChI=1S/C10H8N4/c1-2-9-10(3-4-11-9)14-8(1)7-5-12-13-6-7/h1-6,11H,(H,12,13). The zero-order valence-corrected chi connectivity index (χ0v) is 7.36. The Kier molecular flexibility index (Phi) is 1.41. The second-order valence-electron chi connectivity index (χ2n) is 3.09. The second-order valence-corrected chi connectivity index (χ2v) is 3.09. The molecule has 4 nitrogen and oxygen atoms in total. The highest BCUT2D eigenvalue weighted by molar-refractivity contribution is 5.78. The summed E-state index contributed by atoms with van der Waals surface area (Å²) in [5, 5.41) is 6.67. The lowest BCUT2D eigenvalue weighted by Gasteiger charge is -1.95. The molecule has 4 heteroatoms. The molecule has 0 aliphatic rings. The molecule has 0 atom stereocenters. The van der Waals surface area contributed by atoms with E-state index in [0.717, 1.165) is 22.3 Å². The van der Waals surface area contributed by atoms with Crippen LogP contribution in [-0.2, 0) is 0 Å². The predicted molar refractivity (Wildman–Crippen MR) is 53.7 cm³/mol. The van der Waals surface area contributed by atoms with Gasteiger partial charge in [0.25, 0.3) is 0 Å². The molecule has 3 aromatic rings. The number of nitrogens with zero attached hydrogens (tertiary/aromatic N) is 2. The van der Waals surface area contributed by atoms with Gasteiger partial charge in [-0.3, -0.25) is 5.10 Å². The Morgan fingerprint density at radius 2 is 2.14 bits per heavy atom. The zero-order chi connectivity index (χ0) is 9.38. The number of rotatable bonds is 1. The molecule has 0 unspecified atom stereocenters. The van der Waals surface area contributed by atoms with Crippen LogP contribution in [0.25, 0.3) is 22.3 Å². The zero-order valence-electron chi connectivity index (χ0n) is 7.36. The first kappa shape index (κ1) is 7.32. The number of hydrogen-bond acceptors (Lipinski definition) is 2. The summed E-state index contributed by atoms with van der Waals surface area (Å²) in [5.41, 5.74) is 3.97. The van der Waals surface area contributed by atoms with Crippen LogP contribution >= 0.6 is 0 Å². The smallest absolute Gasteiger partial charge is 0.0886 e. The third kappa shape index (κ3) is 1.01. The van der Waals surface area contributed by atoms with E-state index in [1.165, 1.54) is 0 Å². The Balaban J connectivity index is 2.23. The molecule has 0 spiro atoms. The summed E-state index contributed by atoms with van der Waals surface area (Å²) < 4.78 is 0. The van der Waals surface area contributed by atoms with Gasteiger partial charge in [0.1, 0.15) is 0 Å². The number of hydrogen-bond donors (Lipinski definition) is 2. The molecule has 0 bridgehead atoms. The van der Waals surface area contributed by atoms with Gasteiger partial charge in [0.2, 0.25) is 0 Å². The van der Waals surface area contributed by atoms with Gasteiger partial charge in [0, 0.05) is 18.0 Å². The van der Waals surface area contributed by atoms with Gasteiger partial charge in [-0.15, -0.1) is 0 Å². The maximum atomic E-state index is 4.49. The first-order chi connectivity index (χ1) is 6.93. The van der Waals surface area contributed by atoms with Crippen LogP contribution in [0, 0.1) is 0 Å². The molecule has 0 fully saturated rings. The van der Waals surface area contributed by atoms with Crippen LogP contribution in [0.2, 0.25) is 0 Å². The Morgan fingerprint density at radius 3 is 3.00 bits per heavy atom. The minimum Gasteiger partial charge on any atom is -0.360 e. The Bertz CT molecular complexity index is 550. The minimum absolute atomic E-state index is 0.936. The van der Waals surface area contributed by atoms with Crippen molar-refractivity contribution in [1.29, 1.82) is 0 Å². The average molecular weight is 184 g/mol. The van der Waals surface area contributed by atoms with Crippen LogP contribution in [0.15, 0.2) is 36.8 Å². The molecular formula is C10H8N4. The van der Waals surface area contributed by atoms with Gasteiger partial charge in [0.15, 0.2) is 0 Å². The number of fused-ring (bicyclic) bond motifs is 1. The average Bonchev–Trinajstić information content (AvgIpc) is 2.88. The third-order valence-electron chi connectivity index (χ3n) is 2.20.